The van der Waals surface area contributed by atoms with Gasteiger partial charge in [-0.3, -0.25) is 9.80 Å². The van der Waals surface area contributed by atoms with Crippen molar-refractivity contribution in [2.45, 2.75) is 32.5 Å². The van der Waals surface area contributed by atoms with E-state index in [-0.39, 0.29) is 18.8 Å². The largest absolute Gasteiger partial charge is 0.497 e. The number of benzene rings is 2. The van der Waals surface area contributed by atoms with Crippen molar-refractivity contribution in [1.29, 1.82) is 0 Å². The maximum atomic E-state index is 14.9. The molecule has 0 unspecified atom stereocenters. The Morgan fingerprint density at radius 3 is 2.72 bits per heavy atom. The molecule has 3 amide bonds. The smallest absolute Gasteiger partial charge is 0.407 e. The van der Waals surface area contributed by atoms with Gasteiger partial charge in [0.25, 0.3) is 0 Å². The first-order valence-corrected chi connectivity index (χ1v) is 12.6. The predicted octanol–water partition coefficient (Wildman–Crippen LogP) is 4.86. The molecule has 11 heteroatoms. The summed E-state index contributed by atoms with van der Waals surface area (Å²) in [7, 11) is 3.18. The van der Waals surface area contributed by atoms with Gasteiger partial charge in [-0.1, -0.05) is 12.1 Å². The Bertz CT molecular complexity index is 1400. The molecule has 1 atom stereocenters. The molecular formula is C28H30FN5O5. The molecule has 1 saturated heterocycles. The minimum absolute atomic E-state index is 0.140. The van der Waals surface area contributed by atoms with Crippen LogP contribution in [0.3, 0.4) is 0 Å². The number of ether oxygens (including phenoxy) is 2. The first-order chi connectivity index (χ1) is 18.8. The lowest BCUT2D eigenvalue weighted by atomic mass is 10.1. The highest BCUT2D eigenvalue weighted by molar-refractivity contribution is 6.07. The van der Waals surface area contributed by atoms with Gasteiger partial charge in [-0.25, -0.2) is 19.0 Å². The van der Waals surface area contributed by atoms with Crippen LogP contribution in [0.2, 0.25) is 0 Å². The third-order valence-corrected chi connectivity index (χ3v) is 7.20. The topological polar surface area (TPSA) is 107 Å². The number of nitrogens with one attached hydrogen (secondary N) is 1. The number of carboxylic acid groups (broad SMARTS) is 1. The van der Waals surface area contributed by atoms with E-state index in [0.717, 1.165) is 11.1 Å². The number of aromatic nitrogens is 1. The molecule has 2 aliphatic rings. The van der Waals surface area contributed by atoms with Crippen LogP contribution in [0.5, 0.6) is 11.5 Å². The SMILES string of the molecule is COc1ccc(CNc2cc3c(cn2)CN(c2c(C)cccc2F)C(=O)N3[C@@H]2CCN(C(=O)O)C2)c(OC)c1. The highest BCUT2D eigenvalue weighted by Crippen LogP contribution is 2.38. The number of amides is 3. The van der Waals surface area contributed by atoms with E-state index in [2.05, 4.69) is 10.3 Å². The van der Waals surface area contributed by atoms with Crippen molar-refractivity contribution in [2.24, 2.45) is 0 Å². The van der Waals surface area contributed by atoms with E-state index in [1.165, 1.54) is 15.9 Å². The van der Waals surface area contributed by atoms with E-state index < -0.39 is 24.0 Å². The molecule has 0 bridgehead atoms. The predicted molar refractivity (Wildman–Crippen MR) is 144 cm³/mol. The number of likely N-dealkylation sites (tertiary alicyclic amines) is 1. The second-order valence-electron chi connectivity index (χ2n) is 9.54. The van der Waals surface area contributed by atoms with Gasteiger partial charge in [0.05, 0.1) is 38.2 Å². The number of hydrogen-bond acceptors (Lipinski definition) is 6. The maximum Gasteiger partial charge on any atom is 0.407 e. The number of methoxy groups -OCH3 is 2. The molecule has 0 saturated carbocycles. The number of rotatable bonds is 7. The van der Waals surface area contributed by atoms with Crippen LogP contribution >= 0.6 is 0 Å². The zero-order valence-corrected chi connectivity index (χ0v) is 22.0. The summed E-state index contributed by atoms with van der Waals surface area (Å²) in [6.45, 7) is 2.78. The molecule has 5 rings (SSSR count). The van der Waals surface area contributed by atoms with Crippen LogP contribution in [0.25, 0.3) is 0 Å². The summed E-state index contributed by atoms with van der Waals surface area (Å²) in [6, 6.07) is 11.2. The summed E-state index contributed by atoms with van der Waals surface area (Å²) < 4.78 is 25.7. The lowest BCUT2D eigenvalue weighted by Crippen LogP contribution is -2.53. The molecule has 2 N–H and O–H groups in total. The molecule has 1 aromatic heterocycles. The van der Waals surface area contributed by atoms with Gasteiger partial charge in [0.2, 0.25) is 0 Å². The van der Waals surface area contributed by atoms with Gasteiger partial charge in [-0.15, -0.1) is 0 Å². The molecule has 3 heterocycles. The molecule has 0 radical (unpaired) electrons. The molecule has 1 fully saturated rings. The first kappa shape index (κ1) is 26.1. The number of halogens is 1. The summed E-state index contributed by atoms with van der Waals surface area (Å²) >= 11 is 0. The zero-order chi connectivity index (χ0) is 27.7. The van der Waals surface area contributed by atoms with E-state index in [9.17, 15) is 19.1 Å². The molecule has 39 heavy (non-hydrogen) atoms. The monoisotopic (exact) mass is 535 g/mol. The highest BCUT2D eigenvalue weighted by Gasteiger charge is 2.41. The van der Waals surface area contributed by atoms with Gasteiger partial charge in [0.1, 0.15) is 23.1 Å². The fourth-order valence-corrected chi connectivity index (χ4v) is 5.19. The number of carbonyl (C=O) groups excluding carboxylic acids is 1. The summed E-state index contributed by atoms with van der Waals surface area (Å²) in [5, 5.41) is 12.8. The molecular weight excluding hydrogens is 505 g/mol. The van der Waals surface area contributed by atoms with E-state index >= 15 is 0 Å². The van der Waals surface area contributed by atoms with Gasteiger partial charge in [0, 0.05) is 49.1 Å². The van der Waals surface area contributed by atoms with Crippen LogP contribution in [-0.4, -0.2) is 60.5 Å². The Kier molecular flexibility index (Phi) is 7.14. The summed E-state index contributed by atoms with van der Waals surface area (Å²) in [5.41, 5.74) is 3.09. The van der Waals surface area contributed by atoms with Crippen molar-refractivity contribution in [3.63, 3.8) is 0 Å². The second kappa shape index (κ2) is 10.7. The minimum Gasteiger partial charge on any atom is -0.497 e. The Balaban J connectivity index is 1.48. The third-order valence-electron chi connectivity index (χ3n) is 7.20. The first-order valence-electron chi connectivity index (χ1n) is 12.6. The summed E-state index contributed by atoms with van der Waals surface area (Å²) in [5.74, 6) is 1.38. The van der Waals surface area contributed by atoms with E-state index in [1.54, 1.807) is 56.5 Å². The highest BCUT2D eigenvalue weighted by atomic mass is 19.1. The van der Waals surface area contributed by atoms with E-state index in [0.29, 0.717) is 48.1 Å². The average Bonchev–Trinajstić information content (AvgIpc) is 3.42. The molecule has 2 aliphatic heterocycles. The van der Waals surface area contributed by atoms with Crippen molar-refractivity contribution in [3.05, 3.63) is 71.2 Å². The van der Waals surface area contributed by atoms with E-state index in [4.69, 9.17) is 9.47 Å². The number of aryl methyl sites for hydroxylation is 1. The standard InChI is InChI=1S/C28H30FN5O5/c1-17-5-4-6-22(29)26(17)33-15-19-14-31-25(30-13-18-7-8-21(38-2)11-24(18)39-3)12-23(19)34(27(33)35)20-9-10-32(16-20)28(36)37/h4-8,11-12,14,20H,9-10,13,15-16H2,1-3H3,(H,30,31)(H,36,37)/t20-/m1/s1. The Morgan fingerprint density at radius 1 is 1.21 bits per heavy atom. The van der Waals surface area contributed by atoms with Gasteiger partial charge < -0.3 is 24.8 Å². The molecule has 3 aromatic rings. The Hall–Kier alpha value is -4.54. The normalized spacial score (nSPS) is 16.8. The lowest BCUT2D eigenvalue weighted by Gasteiger charge is -2.40. The van der Waals surface area contributed by atoms with Crippen molar-refractivity contribution in [1.82, 2.24) is 9.88 Å². The van der Waals surface area contributed by atoms with Crippen LogP contribution < -0.4 is 24.6 Å². The second-order valence-corrected chi connectivity index (χ2v) is 9.54. The molecule has 0 spiro atoms. The summed E-state index contributed by atoms with van der Waals surface area (Å²) in [4.78, 5) is 34.4. The summed E-state index contributed by atoms with van der Waals surface area (Å²) in [6.07, 6.45) is 1.11. The molecule has 2 aromatic carbocycles. The van der Waals surface area contributed by atoms with Crippen molar-refractivity contribution in [3.8, 4) is 11.5 Å². The Morgan fingerprint density at radius 2 is 2.03 bits per heavy atom. The third kappa shape index (κ3) is 4.99. The van der Waals surface area contributed by atoms with Gasteiger partial charge in [-0.05, 0) is 37.1 Å². The van der Waals surface area contributed by atoms with Crippen LogP contribution in [0.15, 0.2) is 48.7 Å². The van der Waals surface area contributed by atoms with Crippen LogP contribution in [-0.2, 0) is 13.1 Å². The maximum absolute atomic E-state index is 14.9. The average molecular weight is 536 g/mol. The number of carbonyl (C=O) groups is 2. The fourth-order valence-electron chi connectivity index (χ4n) is 5.19. The number of anilines is 3. The number of para-hydroxylation sites is 1. The number of pyridine rings is 1. The number of urea groups is 1. The van der Waals surface area contributed by atoms with Gasteiger partial charge in [0.15, 0.2) is 0 Å². The number of nitrogens with zero attached hydrogens (tertiary/aromatic N) is 4. The lowest BCUT2D eigenvalue weighted by molar-refractivity contribution is 0.155. The van der Waals surface area contributed by atoms with Crippen molar-refractivity contribution in [2.75, 3.05) is 42.4 Å². The number of fused-ring (bicyclic) bond motifs is 1. The van der Waals surface area contributed by atoms with Crippen LogP contribution in [0.4, 0.5) is 31.2 Å². The van der Waals surface area contributed by atoms with Gasteiger partial charge in [-0.2, -0.15) is 0 Å². The van der Waals surface area contributed by atoms with Crippen molar-refractivity contribution < 1.29 is 28.6 Å². The minimum atomic E-state index is -1.03. The molecule has 10 nitrogen and oxygen atoms in total. The van der Waals surface area contributed by atoms with Crippen LogP contribution in [0.1, 0.15) is 23.1 Å². The quantitative estimate of drug-likeness (QED) is 0.445. The van der Waals surface area contributed by atoms with Crippen molar-refractivity contribution >= 4 is 29.3 Å². The fraction of sp³-hybridized carbons (Fsp3) is 0.321. The zero-order valence-electron chi connectivity index (χ0n) is 22.0. The molecule has 0 aliphatic carbocycles. The van der Waals surface area contributed by atoms with Crippen LogP contribution in [0, 0.1) is 12.7 Å². The number of hydrogen-bond donors (Lipinski definition) is 2. The Labute approximate surface area is 225 Å². The van der Waals surface area contributed by atoms with Gasteiger partial charge >= 0.3 is 12.1 Å². The van der Waals surface area contributed by atoms with E-state index in [1.807, 2.05) is 12.1 Å². The molecule has 204 valence electrons.